The first-order chi connectivity index (χ1) is 13.8. The summed E-state index contributed by atoms with van der Waals surface area (Å²) >= 11 is 5.71. The lowest BCUT2D eigenvalue weighted by molar-refractivity contribution is -0.384. The van der Waals surface area contributed by atoms with Crippen molar-refractivity contribution in [2.75, 3.05) is 10.6 Å². The molecule has 0 saturated heterocycles. The van der Waals surface area contributed by atoms with E-state index in [9.17, 15) is 19.7 Å². The molecule has 0 aliphatic rings. The van der Waals surface area contributed by atoms with Crippen molar-refractivity contribution in [2.24, 2.45) is 0 Å². The molecule has 10 nitrogen and oxygen atoms in total. The monoisotopic (exact) mass is 415 g/mol. The third-order valence-electron chi connectivity index (χ3n) is 3.72. The minimum Gasteiger partial charge on any atom is -0.403 e. The molecule has 0 aliphatic carbocycles. The first-order valence-corrected chi connectivity index (χ1v) is 8.72. The zero-order valence-electron chi connectivity index (χ0n) is 15.0. The van der Waals surface area contributed by atoms with Crippen molar-refractivity contribution in [3.63, 3.8) is 0 Å². The largest absolute Gasteiger partial charge is 0.403 e. The highest BCUT2D eigenvalue weighted by Crippen LogP contribution is 2.23. The van der Waals surface area contributed by atoms with Gasteiger partial charge in [0, 0.05) is 28.9 Å². The molecule has 0 bridgehead atoms. The summed E-state index contributed by atoms with van der Waals surface area (Å²) in [4.78, 5) is 34.2. The predicted molar refractivity (Wildman–Crippen MR) is 105 cm³/mol. The Balaban J connectivity index is 1.70. The van der Waals surface area contributed by atoms with Crippen molar-refractivity contribution >= 4 is 40.8 Å². The SMILES string of the molecule is C[C@@H](Cl)C(=O)Nc1cccc(C(=O)Nc2nnc(-c3ccc([N+](=O)[O-])cc3)o2)c1. The van der Waals surface area contributed by atoms with Gasteiger partial charge in [0.2, 0.25) is 11.8 Å². The maximum absolute atomic E-state index is 12.4. The van der Waals surface area contributed by atoms with Gasteiger partial charge in [0.25, 0.3) is 11.6 Å². The van der Waals surface area contributed by atoms with Crippen molar-refractivity contribution < 1.29 is 18.9 Å². The number of carbonyl (C=O) groups is 2. The van der Waals surface area contributed by atoms with Crippen molar-refractivity contribution in [3.05, 3.63) is 64.2 Å². The van der Waals surface area contributed by atoms with Crippen LogP contribution in [0.2, 0.25) is 0 Å². The minimum atomic E-state index is -0.719. The van der Waals surface area contributed by atoms with E-state index in [1.807, 2.05) is 0 Å². The van der Waals surface area contributed by atoms with Gasteiger partial charge in [-0.3, -0.25) is 25.0 Å². The van der Waals surface area contributed by atoms with Crippen LogP contribution in [0.4, 0.5) is 17.4 Å². The summed E-state index contributed by atoms with van der Waals surface area (Å²) in [6.45, 7) is 1.53. The van der Waals surface area contributed by atoms with E-state index in [-0.39, 0.29) is 23.2 Å². The Labute approximate surface area is 169 Å². The number of amides is 2. The lowest BCUT2D eigenvalue weighted by Crippen LogP contribution is -2.20. The lowest BCUT2D eigenvalue weighted by Gasteiger charge is -2.08. The standard InChI is InChI=1S/C18H14ClN5O5/c1-10(19)15(25)20-13-4-2-3-12(9-13)16(26)21-18-23-22-17(29-18)11-5-7-14(8-6-11)24(27)28/h2-10H,1H3,(H,20,25)(H,21,23,26)/t10-/m1/s1. The van der Waals surface area contributed by atoms with Gasteiger partial charge in [-0.2, -0.15) is 0 Å². The number of carbonyl (C=O) groups excluding carboxylic acids is 2. The summed E-state index contributed by atoms with van der Waals surface area (Å²) in [6, 6.07) is 11.6. The maximum Gasteiger partial charge on any atom is 0.322 e. The molecule has 3 aromatic rings. The first-order valence-electron chi connectivity index (χ1n) is 8.28. The molecule has 3 rings (SSSR count). The van der Waals surface area contributed by atoms with Gasteiger partial charge in [0.05, 0.1) is 4.92 Å². The summed E-state index contributed by atoms with van der Waals surface area (Å²) in [7, 11) is 0. The number of nitrogens with zero attached hydrogens (tertiary/aromatic N) is 3. The van der Waals surface area contributed by atoms with Crippen LogP contribution in [-0.2, 0) is 4.79 Å². The van der Waals surface area contributed by atoms with Gasteiger partial charge < -0.3 is 9.73 Å². The molecule has 0 fully saturated rings. The quantitative estimate of drug-likeness (QED) is 0.356. The van der Waals surface area contributed by atoms with Crippen LogP contribution in [0.5, 0.6) is 0 Å². The second-order valence-corrected chi connectivity index (χ2v) is 6.51. The van der Waals surface area contributed by atoms with E-state index in [4.69, 9.17) is 16.0 Å². The Morgan fingerprint density at radius 1 is 1.14 bits per heavy atom. The molecule has 0 spiro atoms. The average Bonchev–Trinajstić information content (AvgIpc) is 3.16. The average molecular weight is 416 g/mol. The number of nitro groups is 1. The number of aromatic nitrogens is 2. The highest BCUT2D eigenvalue weighted by molar-refractivity contribution is 6.32. The zero-order chi connectivity index (χ0) is 21.0. The van der Waals surface area contributed by atoms with E-state index in [0.717, 1.165) is 0 Å². The highest BCUT2D eigenvalue weighted by atomic mass is 35.5. The zero-order valence-corrected chi connectivity index (χ0v) is 15.7. The summed E-state index contributed by atoms with van der Waals surface area (Å²) in [6.07, 6.45) is 0. The van der Waals surface area contributed by atoms with Gasteiger partial charge in [-0.15, -0.1) is 16.7 Å². The Morgan fingerprint density at radius 3 is 2.52 bits per heavy atom. The number of rotatable bonds is 6. The van der Waals surface area contributed by atoms with E-state index in [2.05, 4.69) is 20.8 Å². The molecule has 0 aliphatic heterocycles. The number of halogens is 1. The lowest BCUT2D eigenvalue weighted by atomic mass is 10.2. The van der Waals surface area contributed by atoms with E-state index in [1.54, 1.807) is 18.2 Å². The molecule has 0 radical (unpaired) electrons. The maximum atomic E-state index is 12.4. The van der Waals surface area contributed by atoms with Gasteiger partial charge in [0.1, 0.15) is 5.38 Å². The fraction of sp³-hybridized carbons (Fsp3) is 0.111. The van der Waals surface area contributed by atoms with Gasteiger partial charge in [-0.25, -0.2) is 0 Å². The summed E-state index contributed by atoms with van der Waals surface area (Å²) < 4.78 is 5.38. The van der Waals surface area contributed by atoms with Crippen LogP contribution >= 0.6 is 11.6 Å². The molecule has 2 amide bonds. The van der Waals surface area contributed by atoms with Crippen LogP contribution in [-0.4, -0.2) is 32.3 Å². The Kier molecular flexibility index (Phi) is 5.84. The Morgan fingerprint density at radius 2 is 1.86 bits per heavy atom. The second kappa shape index (κ2) is 8.48. The number of nitro benzene ring substituents is 1. The summed E-state index contributed by atoms with van der Waals surface area (Å²) in [5.74, 6) is -0.833. The molecule has 0 saturated carbocycles. The number of hydrogen-bond donors (Lipinski definition) is 2. The normalized spacial score (nSPS) is 11.5. The molecule has 11 heteroatoms. The van der Waals surface area contributed by atoms with Gasteiger partial charge >= 0.3 is 6.01 Å². The van der Waals surface area contributed by atoms with Gasteiger partial charge in [0.15, 0.2) is 0 Å². The van der Waals surface area contributed by atoms with Gasteiger partial charge in [-0.1, -0.05) is 11.2 Å². The molecule has 0 unspecified atom stereocenters. The fourth-order valence-electron chi connectivity index (χ4n) is 2.27. The molecule has 1 aromatic heterocycles. The Bertz CT molecular complexity index is 1060. The smallest absolute Gasteiger partial charge is 0.322 e. The van der Waals surface area contributed by atoms with Crippen LogP contribution in [0.25, 0.3) is 11.5 Å². The number of non-ortho nitro benzene ring substituents is 1. The van der Waals surface area contributed by atoms with E-state index < -0.39 is 22.1 Å². The van der Waals surface area contributed by atoms with Crippen LogP contribution in [0, 0.1) is 10.1 Å². The topological polar surface area (TPSA) is 140 Å². The van der Waals surface area contributed by atoms with E-state index >= 15 is 0 Å². The first kappa shape index (κ1) is 20.0. The fourth-order valence-corrected chi connectivity index (χ4v) is 2.32. The number of benzene rings is 2. The summed E-state index contributed by atoms with van der Waals surface area (Å²) in [5, 5.41) is 22.6. The van der Waals surface area contributed by atoms with Crippen LogP contribution in [0.3, 0.4) is 0 Å². The molecule has 1 heterocycles. The van der Waals surface area contributed by atoms with E-state index in [0.29, 0.717) is 11.3 Å². The number of nitrogens with one attached hydrogen (secondary N) is 2. The van der Waals surface area contributed by atoms with Crippen molar-refractivity contribution in [1.29, 1.82) is 0 Å². The highest BCUT2D eigenvalue weighted by Gasteiger charge is 2.15. The molecule has 29 heavy (non-hydrogen) atoms. The Hall–Kier alpha value is -3.79. The third kappa shape index (κ3) is 4.93. The minimum absolute atomic E-state index is 0.0719. The molecule has 2 N–H and O–H groups in total. The molecule has 2 aromatic carbocycles. The third-order valence-corrected chi connectivity index (χ3v) is 3.92. The predicted octanol–water partition coefficient (Wildman–Crippen LogP) is 3.46. The van der Waals surface area contributed by atoms with Crippen molar-refractivity contribution in [2.45, 2.75) is 12.3 Å². The van der Waals surface area contributed by atoms with Gasteiger partial charge in [-0.05, 0) is 37.3 Å². The van der Waals surface area contributed by atoms with Crippen LogP contribution in [0.15, 0.2) is 52.9 Å². The molecule has 1 atom stereocenters. The van der Waals surface area contributed by atoms with Crippen molar-refractivity contribution in [1.82, 2.24) is 10.2 Å². The molecule has 148 valence electrons. The molecular weight excluding hydrogens is 402 g/mol. The number of anilines is 2. The van der Waals surface area contributed by atoms with Crippen LogP contribution in [0.1, 0.15) is 17.3 Å². The second-order valence-electron chi connectivity index (χ2n) is 5.86. The summed E-state index contributed by atoms with van der Waals surface area (Å²) in [5.41, 5.74) is 1.05. The van der Waals surface area contributed by atoms with E-state index in [1.165, 1.54) is 37.3 Å². The number of alkyl halides is 1. The molecular formula is C18H14ClN5O5. The number of hydrogen-bond acceptors (Lipinski definition) is 7. The van der Waals surface area contributed by atoms with Crippen LogP contribution < -0.4 is 10.6 Å². The van der Waals surface area contributed by atoms with Crippen molar-refractivity contribution in [3.8, 4) is 11.5 Å².